The Morgan fingerprint density at radius 3 is 2.81 bits per heavy atom. The lowest BCUT2D eigenvalue weighted by Gasteiger charge is -2.22. The maximum absolute atomic E-state index is 12.0. The van der Waals surface area contributed by atoms with Crippen LogP contribution in [0.1, 0.15) is 32.1 Å². The minimum absolute atomic E-state index is 0.209. The van der Waals surface area contributed by atoms with Gasteiger partial charge in [-0.25, -0.2) is 9.59 Å². The van der Waals surface area contributed by atoms with E-state index in [0.29, 0.717) is 16.8 Å². The molecule has 2 N–H and O–H groups in total. The van der Waals surface area contributed by atoms with Crippen LogP contribution in [0.2, 0.25) is 0 Å². The number of hydrogen-bond donors (Lipinski definition) is 2. The standard InChI is InChI=1S/C15H19N3O3/c1-18-12-8-7-11(9-13(12)21-15(18)20)17-14(19)16-10-5-3-2-4-6-10/h7-10H,2-6H2,1H3,(H2,16,17,19). The topological polar surface area (TPSA) is 76.3 Å². The van der Waals surface area contributed by atoms with Crippen molar-refractivity contribution in [1.82, 2.24) is 9.88 Å². The molecule has 1 aliphatic rings. The number of carbonyl (C=O) groups excluding carboxylic acids is 1. The summed E-state index contributed by atoms with van der Waals surface area (Å²) in [5.74, 6) is -0.409. The molecule has 112 valence electrons. The zero-order valence-corrected chi connectivity index (χ0v) is 12.0. The molecule has 0 saturated heterocycles. The smallest absolute Gasteiger partial charge is 0.408 e. The van der Waals surface area contributed by atoms with Gasteiger partial charge in [0.15, 0.2) is 5.58 Å². The van der Waals surface area contributed by atoms with E-state index < -0.39 is 5.76 Å². The number of rotatable bonds is 2. The molecule has 0 unspecified atom stereocenters. The van der Waals surface area contributed by atoms with E-state index >= 15 is 0 Å². The molecule has 1 saturated carbocycles. The van der Waals surface area contributed by atoms with E-state index in [1.807, 2.05) is 0 Å². The van der Waals surface area contributed by atoms with Gasteiger partial charge in [0.1, 0.15) is 0 Å². The summed E-state index contributed by atoms with van der Waals surface area (Å²) in [6.45, 7) is 0. The maximum Gasteiger partial charge on any atom is 0.419 e. The van der Waals surface area contributed by atoms with Crippen molar-refractivity contribution in [2.45, 2.75) is 38.1 Å². The summed E-state index contributed by atoms with van der Waals surface area (Å²) in [7, 11) is 1.65. The predicted molar refractivity (Wildman–Crippen MR) is 80.5 cm³/mol. The predicted octanol–water partition coefficient (Wildman–Crippen LogP) is 2.59. The van der Waals surface area contributed by atoms with Crippen molar-refractivity contribution in [2.75, 3.05) is 5.32 Å². The van der Waals surface area contributed by atoms with Crippen molar-refractivity contribution in [2.24, 2.45) is 7.05 Å². The second kappa shape index (κ2) is 5.63. The van der Waals surface area contributed by atoms with E-state index in [0.717, 1.165) is 12.8 Å². The van der Waals surface area contributed by atoms with Crippen molar-refractivity contribution >= 4 is 22.8 Å². The molecule has 0 bridgehead atoms. The number of amides is 2. The highest BCUT2D eigenvalue weighted by Gasteiger charge is 2.16. The molecule has 0 atom stereocenters. The van der Waals surface area contributed by atoms with Crippen LogP contribution in [0.25, 0.3) is 11.1 Å². The van der Waals surface area contributed by atoms with Crippen molar-refractivity contribution in [3.63, 3.8) is 0 Å². The summed E-state index contributed by atoms with van der Waals surface area (Å²) in [6.07, 6.45) is 5.68. The molecule has 0 spiro atoms. The maximum atomic E-state index is 12.0. The number of fused-ring (bicyclic) bond motifs is 1. The molecule has 1 aromatic heterocycles. The molecule has 1 aromatic carbocycles. The molecule has 0 aliphatic heterocycles. The molecule has 1 heterocycles. The lowest BCUT2D eigenvalue weighted by molar-refractivity contribution is 0.244. The third kappa shape index (κ3) is 2.94. The lowest BCUT2D eigenvalue weighted by Crippen LogP contribution is -2.38. The first kappa shape index (κ1) is 13.7. The minimum atomic E-state index is -0.409. The Bertz CT molecular complexity index is 711. The summed E-state index contributed by atoms with van der Waals surface area (Å²) in [5, 5.41) is 5.77. The van der Waals surface area contributed by atoms with Gasteiger partial charge in [0.05, 0.1) is 5.52 Å². The number of anilines is 1. The second-order valence-corrected chi connectivity index (χ2v) is 5.54. The lowest BCUT2D eigenvalue weighted by atomic mass is 9.96. The number of hydrogen-bond acceptors (Lipinski definition) is 3. The summed E-state index contributed by atoms with van der Waals surface area (Å²) in [6, 6.07) is 5.24. The van der Waals surface area contributed by atoms with Crippen LogP contribution >= 0.6 is 0 Å². The minimum Gasteiger partial charge on any atom is -0.408 e. The van der Waals surface area contributed by atoms with Gasteiger partial charge < -0.3 is 15.1 Å². The van der Waals surface area contributed by atoms with Crippen molar-refractivity contribution < 1.29 is 9.21 Å². The molecule has 6 nitrogen and oxygen atoms in total. The SMILES string of the molecule is Cn1c(=O)oc2cc(NC(=O)NC3CCCCC3)ccc21. The van der Waals surface area contributed by atoms with E-state index in [1.54, 1.807) is 25.2 Å². The number of nitrogens with one attached hydrogen (secondary N) is 2. The number of oxazole rings is 1. The van der Waals surface area contributed by atoms with Crippen LogP contribution in [-0.4, -0.2) is 16.6 Å². The quantitative estimate of drug-likeness (QED) is 0.892. The molecular formula is C15H19N3O3. The third-order valence-electron chi connectivity index (χ3n) is 3.99. The number of benzene rings is 1. The summed E-state index contributed by atoms with van der Waals surface area (Å²) >= 11 is 0. The van der Waals surface area contributed by atoms with E-state index in [2.05, 4.69) is 10.6 Å². The van der Waals surface area contributed by atoms with Gasteiger partial charge in [-0.1, -0.05) is 19.3 Å². The van der Waals surface area contributed by atoms with Gasteiger partial charge in [-0.2, -0.15) is 0 Å². The Morgan fingerprint density at radius 2 is 2.05 bits per heavy atom. The van der Waals surface area contributed by atoms with E-state index in [9.17, 15) is 9.59 Å². The second-order valence-electron chi connectivity index (χ2n) is 5.54. The van der Waals surface area contributed by atoms with E-state index in [-0.39, 0.29) is 12.1 Å². The van der Waals surface area contributed by atoms with Crippen molar-refractivity contribution in [3.8, 4) is 0 Å². The molecule has 0 radical (unpaired) electrons. The van der Waals surface area contributed by atoms with Crippen LogP contribution in [0.3, 0.4) is 0 Å². The average Bonchev–Trinajstić information content (AvgIpc) is 2.74. The fraction of sp³-hybridized carbons (Fsp3) is 0.467. The average molecular weight is 289 g/mol. The van der Waals surface area contributed by atoms with Crippen LogP contribution in [0, 0.1) is 0 Å². The Balaban J connectivity index is 1.69. The van der Waals surface area contributed by atoms with Crippen LogP contribution in [0.15, 0.2) is 27.4 Å². The zero-order valence-electron chi connectivity index (χ0n) is 12.0. The first-order chi connectivity index (χ1) is 10.1. The highest BCUT2D eigenvalue weighted by atomic mass is 16.4. The Hall–Kier alpha value is -2.24. The first-order valence-corrected chi connectivity index (χ1v) is 7.30. The Morgan fingerprint density at radius 1 is 1.29 bits per heavy atom. The Labute approximate surface area is 122 Å². The van der Waals surface area contributed by atoms with Gasteiger partial charge >= 0.3 is 11.8 Å². The molecule has 21 heavy (non-hydrogen) atoms. The number of nitrogens with zero attached hydrogens (tertiary/aromatic N) is 1. The van der Waals surface area contributed by atoms with E-state index in [1.165, 1.54) is 23.8 Å². The largest absolute Gasteiger partial charge is 0.419 e. The molecular weight excluding hydrogens is 270 g/mol. The van der Waals surface area contributed by atoms with Crippen LogP contribution in [-0.2, 0) is 7.05 Å². The highest BCUT2D eigenvalue weighted by molar-refractivity contribution is 5.91. The zero-order chi connectivity index (χ0) is 14.8. The fourth-order valence-electron chi connectivity index (χ4n) is 2.81. The number of urea groups is 1. The van der Waals surface area contributed by atoms with Crippen LogP contribution < -0.4 is 16.4 Å². The van der Waals surface area contributed by atoms with Gasteiger partial charge in [0.25, 0.3) is 0 Å². The molecule has 1 fully saturated rings. The molecule has 6 heteroatoms. The highest BCUT2D eigenvalue weighted by Crippen LogP contribution is 2.19. The van der Waals surface area contributed by atoms with Crippen LogP contribution in [0.5, 0.6) is 0 Å². The molecule has 1 aliphatic carbocycles. The van der Waals surface area contributed by atoms with Gasteiger partial charge in [-0.15, -0.1) is 0 Å². The number of carbonyl (C=O) groups is 1. The van der Waals surface area contributed by atoms with Gasteiger partial charge in [0.2, 0.25) is 0 Å². The van der Waals surface area contributed by atoms with Crippen molar-refractivity contribution in [1.29, 1.82) is 0 Å². The summed E-state index contributed by atoms with van der Waals surface area (Å²) in [5.41, 5.74) is 1.79. The van der Waals surface area contributed by atoms with Gasteiger partial charge in [0, 0.05) is 24.8 Å². The monoisotopic (exact) mass is 289 g/mol. The normalized spacial score (nSPS) is 16.0. The molecule has 3 rings (SSSR count). The molecule has 2 amide bonds. The first-order valence-electron chi connectivity index (χ1n) is 7.30. The Kier molecular flexibility index (Phi) is 3.68. The molecule has 2 aromatic rings. The van der Waals surface area contributed by atoms with E-state index in [4.69, 9.17) is 4.42 Å². The number of aromatic nitrogens is 1. The van der Waals surface area contributed by atoms with Crippen LogP contribution in [0.4, 0.5) is 10.5 Å². The third-order valence-corrected chi connectivity index (χ3v) is 3.99. The number of aryl methyl sites for hydroxylation is 1. The van der Waals surface area contributed by atoms with Gasteiger partial charge in [-0.05, 0) is 25.0 Å². The summed E-state index contributed by atoms with van der Waals surface area (Å²) in [4.78, 5) is 23.4. The van der Waals surface area contributed by atoms with Gasteiger partial charge in [-0.3, -0.25) is 4.57 Å². The summed E-state index contributed by atoms with van der Waals surface area (Å²) < 4.78 is 6.54. The fourth-order valence-corrected chi connectivity index (χ4v) is 2.81. The van der Waals surface area contributed by atoms with Crippen molar-refractivity contribution in [3.05, 3.63) is 28.7 Å².